The van der Waals surface area contributed by atoms with E-state index in [1.54, 1.807) is 0 Å². The molecule has 8 heavy (non-hydrogen) atoms. The Hall–Kier alpha value is 0.795. The van der Waals surface area contributed by atoms with Crippen LogP contribution in [0.25, 0.3) is 0 Å². The van der Waals surface area contributed by atoms with Crippen molar-refractivity contribution >= 4 is 30.4 Å². The van der Waals surface area contributed by atoms with Crippen molar-refractivity contribution in [3.05, 3.63) is 0 Å². The number of halogens is 1. The predicted octanol–water partition coefficient (Wildman–Crippen LogP) is 2.32. The minimum absolute atomic E-state index is 0.515. The second-order valence-electron chi connectivity index (χ2n) is 2.51. The molecule has 0 amide bonds. The fourth-order valence-corrected chi connectivity index (χ4v) is 1.80. The molecule has 0 spiro atoms. The molecule has 0 aliphatic heterocycles. The second-order valence-corrected chi connectivity index (χ2v) is 4.27. The van der Waals surface area contributed by atoms with Gasteiger partial charge in [-0.05, 0) is 12.8 Å². The summed E-state index contributed by atoms with van der Waals surface area (Å²) < 4.78 is 0.910. The van der Waals surface area contributed by atoms with Gasteiger partial charge in [-0.2, -0.15) is 0 Å². The first-order valence-corrected chi connectivity index (χ1v) is 4.43. The first-order valence-electron chi connectivity index (χ1n) is 3.18. The Morgan fingerprint density at radius 2 is 1.62 bits per heavy atom. The van der Waals surface area contributed by atoms with Crippen LogP contribution in [0.15, 0.2) is 0 Å². The van der Waals surface area contributed by atoms with Crippen LogP contribution in [0.5, 0.6) is 0 Å². The SMILES string of the molecule is [B]C1CCC(I)CC1. The molecular weight excluding hydrogens is 210 g/mol. The molecule has 0 aromatic heterocycles. The van der Waals surface area contributed by atoms with E-state index >= 15 is 0 Å². The van der Waals surface area contributed by atoms with Gasteiger partial charge in [-0.1, -0.05) is 41.2 Å². The lowest BCUT2D eigenvalue weighted by Gasteiger charge is -2.21. The Morgan fingerprint density at radius 1 is 1.12 bits per heavy atom. The van der Waals surface area contributed by atoms with E-state index < -0.39 is 0 Å². The third-order valence-electron chi connectivity index (χ3n) is 1.70. The highest BCUT2D eigenvalue weighted by atomic mass is 127. The quantitative estimate of drug-likeness (QED) is 0.333. The molecule has 1 aliphatic rings. The summed E-state index contributed by atoms with van der Waals surface area (Å²) in [7, 11) is 5.69. The van der Waals surface area contributed by atoms with Crippen molar-refractivity contribution < 1.29 is 0 Å². The van der Waals surface area contributed by atoms with Crippen LogP contribution in [0.3, 0.4) is 0 Å². The standard InChI is InChI=1S/C6H10BI/c7-5-1-3-6(8)4-2-5/h5-6H,1-4H2. The minimum atomic E-state index is 0.515. The van der Waals surface area contributed by atoms with E-state index in [2.05, 4.69) is 22.6 Å². The summed E-state index contributed by atoms with van der Waals surface area (Å²) in [5.41, 5.74) is 0. The summed E-state index contributed by atoms with van der Waals surface area (Å²) >= 11 is 2.51. The van der Waals surface area contributed by atoms with E-state index in [9.17, 15) is 0 Å². The zero-order valence-electron chi connectivity index (χ0n) is 4.94. The van der Waals surface area contributed by atoms with Gasteiger partial charge in [0.1, 0.15) is 0 Å². The number of hydrogen-bond acceptors (Lipinski definition) is 0. The predicted molar refractivity (Wildman–Crippen MR) is 45.8 cm³/mol. The van der Waals surface area contributed by atoms with Gasteiger partial charge in [-0.3, -0.25) is 0 Å². The highest BCUT2D eigenvalue weighted by Crippen LogP contribution is 2.30. The lowest BCUT2D eigenvalue weighted by Crippen LogP contribution is -2.09. The molecule has 0 saturated heterocycles. The van der Waals surface area contributed by atoms with Crippen LogP contribution in [0, 0.1) is 0 Å². The maximum atomic E-state index is 5.69. The summed E-state index contributed by atoms with van der Waals surface area (Å²) in [6.45, 7) is 0. The smallest absolute Gasteiger partial charge is 0.0699 e. The van der Waals surface area contributed by atoms with Crippen LogP contribution in [-0.2, 0) is 0 Å². The maximum Gasteiger partial charge on any atom is 0.0699 e. The van der Waals surface area contributed by atoms with Crippen molar-refractivity contribution in [3.8, 4) is 0 Å². The highest BCUT2D eigenvalue weighted by molar-refractivity contribution is 14.1. The Morgan fingerprint density at radius 3 is 2.00 bits per heavy atom. The Labute approximate surface area is 66.0 Å². The molecule has 1 rings (SSSR count). The third kappa shape index (κ3) is 1.96. The largest absolute Gasteiger partial charge is 0.0826 e. The van der Waals surface area contributed by atoms with Crippen LogP contribution in [0.4, 0.5) is 0 Å². The van der Waals surface area contributed by atoms with Gasteiger partial charge in [0.15, 0.2) is 0 Å². The van der Waals surface area contributed by atoms with Gasteiger partial charge in [0.2, 0.25) is 0 Å². The van der Waals surface area contributed by atoms with Gasteiger partial charge in [-0.25, -0.2) is 0 Å². The highest BCUT2D eigenvalue weighted by Gasteiger charge is 2.14. The minimum Gasteiger partial charge on any atom is -0.0826 e. The van der Waals surface area contributed by atoms with E-state index in [1.807, 2.05) is 0 Å². The van der Waals surface area contributed by atoms with Gasteiger partial charge in [0, 0.05) is 3.92 Å². The summed E-state index contributed by atoms with van der Waals surface area (Å²) in [5, 5.41) is 0. The summed E-state index contributed by atoms with van der Waals surface area (Å²) in [6, 6.07) is 0. The zero-order chi connectivity index (χ0) is 5.98. The maximum absolute atomic E-state index is 5.69. The topological polar surface area (TPSA) is 0 Å². The van der Waals surface area contributed by atoms with Crippen LogP contribution in [0.1, 0.15) is 25.7 Å². The summed E-state index contributed by atoms with van der Waals surface area (Å²) in [6.07, 6.45) is 5.16. The summed E-state index contributed by atoms with van der Waals surface area (Å²) in [4.78, 5) is 0. The van der Waals surface area contributed by atoms with Crippen LogP contribution in [-0.4, -0.2) is 11.8 Å². The third-order valence-corrected chi connectivity index (χ3v) is 2.95. The molecule has 0 N–H and O–H groups in total. The van der Waals surface area contributed by atoms with E-state index in [0.717, 1.165) is 3.92 Å². The molecule has 1 saturated carbocycles. The van der Waals surface area contributed by atoms with E-state index in [0.29, 0.717) is 5.82 Å². The molecule has 0 atom stereocenters. The van der Waals surface area contributed by atoms with Gasteiger partial charge in [0.25, 0.3) is 0 Å². The lowest BCUT2D eigenvalue weighted by atomic mass is 9.76. The Balaban J connectivity index is 2.19. The fraction of sp³-hybridized carbons (Fsp3) is 1.00. The monoisotopic (exact) mass is 220 g/mol. The van der Waals surface area contributed by atoms with Crippen molar-refractivity contribution in [1.82, 2.24) is 0 Å². The second kappa shape index (κ2) is 3.09. The Bertz CT molecular complexity index is 56.9. The van der Waals surface area contributed by atoms with Gasteiger partial charge >= 0.3 is 0 Å². The molecule has 0 bridgehead atoms. The van der Waals surface area contributed by atoms with Gasteiger partial charge in [-0.15, -0.1) is 0 Å². The average molecular weight is 220 g/mol. The lowest BCUT2D eigenvalue weighted by molar-refractivity contribution is 0.528. The van der Waals surface area contributed by atoms with Crippen molar-refractivity contribution in [2.24, 2.45) is 0 Å². The van der Waals surface area contributed by atoms with E-state index in [1.165, 1.54) is 25.7 Å². The van der Waals surface area contributed by atoms with Crippen molar-refractivity contribution in [2.75, 3.05) is 0 Å². The zero-order valence-corrected chi connectivity index (χ0v) is 7.10. The van der Waals surface area contributed by atoms with Crippen LogP contribution < -0.4 is 0 Å². The van der Waals surface area contributed by atoms with Crippen LogP contribution >= 0.6 is 22.6 Å². The molecule has 0 unspecified atom stereocenters. The van der Waals surface area contributed by atoms with Crippen molar-refractivity contribution in [3.63, 3.8) is 0 Å². The summed E-state index contributed by atoms with van der Waals surface area (Å²) in [5.74, 6) is 0.515. The van der Waals surface area contributed by atoms with Crippen LogP contribution in [0.2, 0.25) is 5.82 Å². The molecule has 2 heteroatoms. The normalized spacial score (nSPS) is 39.6. The molecule has 1 aliphatic carbocycles. The Kier molecular flexibility index (Phi) is 2.67. The molecule has 2 radical (unpaired) electrons. The van der Waals surface area contributed by atoms with Crippen molar-refractivity contribution in [2.45, 2.75) is 35.4 Å². The molecule has 0 heterocycles. The van der Waals surface area contributed by atoms with Gasteiger partial charge < -0.3 is 0 Å². The van der Waals surface area contributed by atoms with E-state index in [-0.39, 0.29) is 0 Å². The average Bonchev–Trinajstić information content (AvgIpc) is 1.77. The number of hydrogen-bond donors (Lipinski definition) is 0. The molecule has 0 nitrogen and oxygen atoms in total. The number of rotatable bonds is 0. The number of alkyl halides is 1. The first-order chi connectivity index (χ1) is 3.79. The molecule has 44 valence electrons. The molecule has 1 fully saturated rings. The first kappa shape index (κ1) is 6.91. The van der Waals surface area contributed by atoms with Crippen molar-refractivity contribution in [1.29, 1.82) is 0 Å². The van der Waals surface area contributed by atoms with E-state index in [4.69, 9.17) is 7.85 Å². The van der Waals surface area contributed by atoms with Gasteiger partial charge in [0.05, 0.1) is 7.85 Å². The fourth-order valence-electron chi connectivity index (χ4n) is 1.08. The molecule has 0 aromatic carbocycles. The molecular formula is C6H10BI. The molecule has 0 aromatic rings.